The predicted octanol–water partition coefficient (Wildman–Crippen LogP) is 4.57. The maximum atomic E-state index is 6.13. The van der Waals surface area contributed by atoms with Crippen molar-refractivity contribution in [1.82, 2.24) is 29.4 Å². The third kappa shape index (κ3) is 2.73. The van der Waals surface area contributed by atoms with E-state index in [-0.39, 0.29) is 6.04 Å². The number of hydrogen-bond donors (Lipinski definition) is 0. The van der Waals surface area contributed by atoms with Gasteiger partial charge in [0.2, 0.25) is 10.1 Å². The molecule has 140 valence electrons. The van der Waals surface area contributed by atoms with Crippen molar-refractivity contribution >= 4 is 49.8 Å². The molecule has 4 heterocycles. The summed E-state index contributed by atoms with van der Waals surface area (Å²) in [7, 11) is 1.96. The molecule has 7 nitrogen and oxygen atoms in total. The topological polar surface area (TPSA) is 64.1 Å². The van der Waals surface area contributed by atoms with Gasteiger partial charge in [-0.3, -0.25) is 4.98 Å². The average molecular weight is 410 g/mol. The zero-order chi connectivity index (χ0) is 19.3. The number of aromatic nitrogens is 6. The van der Waals surface area contributed by atoms with E-state index in [1.54, 1.807) is 6.20 Å². The SMILES string of the molecule is CC(c1nnc2sc(N(C)c3cccc(Cl)c3)nn12)n1ccc2ncccc21. The van der Waals surface area contributed by atoms with Crippen LogP contribution in [0.25, 0.3) is 16.0 Å². The van der Waals surface area contributed by atoms with Gasteiger partial charge in [-0.2, -0.15) is 4.52 Å². The fourth-order valence-corrected chi connectivity index (χ4v) is 4.28. The Kier molecular flexibility index (Phi) is 4.03. The molecule has 0 spiro atoms. The molecule has 0 aliphatic carbocycles. The first kappa shape index (κ1) is 17.2. The van der Waals surface area contributed by atoms with E-state index in [0.717, 1.165) is 32.6 Å². The summed E-state index contributed by atoms with van der Waals surface area (Å²) in [5, 5.41) is 15.0. The normalized spacial score (nSPS) is 12.7. The van der Waals surface area contributed by atoms with E-state index in [0.29, 0.717) is 5.02 Å². The second-order valence-electron chi connectivity index (χ2n) is 6.48. The van der Waals surface area contributed by atoms with Gasteiger partial charge in [-0.1, -0.05) is 29.0 Å². The van der Waals surface area contributed by atoms with E-state index in [4.69, 9.17) is 16.7 Å². The predicted molar refractivity (Wildman–Crippen MR) is 112 cm³/mol. The molecule has 1 atom stereocenters. The summed E-state index contributed by atoms with van der Waals surface area (Å²) in [5.41, 5.74) is 2.97. The van der Waals surface area contributed by atoms with Gasteiger partial charge in [0.15, 0.2) is 5.82 Å². The lowest BCUT2D eigenvalue weighted by atomic mass is 10.3. The Bertz CT molecular complexity index is 1290. The van der Waals surface area contributed by atoms with Crippen LogP contribution < -0.4 is 4.90 Å². The maximum Gasteiger partial charge on any atom is 0.236 e. The van der Waals surface area contributed by atoms with Crippen molar-refractivity contribution in [1.29, 1.82) is 0 Å². The molecule has 5 rings (SSSR count). The van der Waals surface area contributed by atoms with Crippen molar-refractivity contribution in [3.05, 3.63) is 65.7 Å². The number of pyridine rings is 1. The number of hydrogen-bond acceptors (Lipinski definition) is 6. The van der Waals surface area contributed by atoms with E-state index in [9.17, 15) is 0 Å². The van der Waals surface area contributed by atoms with Crippen LogP contribution in [0.15, 0.2) is 54.9 Å². The maximum absolute atomic E-state index is 6.13. The summed E-state index contributed by atoms with van der Waals surface area (Å²) in [6.07, 6.45) is 3.82. The zero-order valence-electron chi connectivity index (χ0n) is 15.2. The van der Waals surface area contributed by atoms with Crippen molar-refractivity contribution in [2.24, 2.45) is 0 Å². The quantitative estimate of drug-likeness (QED) is 0.435. The minimum Gasteiger partial charge on any atom is -0.336 e. The van der Waals surface area contributed by atoms with Crippen LogP contribution in [0.2, 0.25) is 5.02 Å². The molecule has 0 aliphatic rings. The Hall–Kier alpha value is -2.97. The van der Waals surface area contributed by atoms with E-state index in [1.165, 1.54) is 11.3 Å². The van der Waals surface area contributed by atoms with Crippen LogP contribution in [0.4, 0.5) is 10.8 Å². The Labute approximate surface area is 169 Å². The van der Waals surface area contributed by atoms with E-state index >= 15 is 0 Å². The van der Waals surface area contributed by atoms with Crippen molar-refractivity contribution in [3.63, 3.8) is 0 Å². The second kappa shape index (κ2) is 6.57. The van der Waals surface area contributed by atoms with Crippen molar-refractivity contribution in [2.75, 3.05) is 11.9 Å². The van der Waals surface area contributed by atoms with E-state index < -0.39 is 0 Å². The van der Waals surface area contributed by atoms with Crippen LogP contribution in [0.5, 0.6) is 0 Å². The largest absolute Gasteiger partial charge is 0.336 e. The Morgan fingerprint density at radius 1 is 1.14 bits per heavy atom. The third-order valence-electron chi connectivity index (χ3n) is 4.77. The van der Waals surface area contributed by atoms with Crippen molar-refractivity contribution in [3.8, 4) is 0 Å². The molecule has 0 N–H and O–H groups in total. The number of anilines is 2. The van der Waals surface area contributed by atoms with Gasteiger partial charge in [0.25, 0.3) is 0 Å². The molecule has 0 fully saturated rings. The average Bonchev–Trinajstić information content (AvgIpc) is 3.40. The smallest absolute Gasteiger partial charge is 0.236 e. The Balaban J connectivity index is 1.54. The van der Waals surface area contributed by atoms with E-state index in [2.05, 4.69) is 32.7 Å². The summed E-state index contributed by atoms with van der Waals surface area (Å²) in [4.78, 5) is 7.15. The molecule has 0 aliphatic heterocycles. The number of nitrogens with zero attached hydrogens (tertiary/aromatic N) is 7. The second-order valence-corrected chi connectivity index (χ2v) is 7.85. The van der Waals surface area contributed by atoms with Gasteiger partial charge >= 0.3 is 0 Å². The molecule has 9 heteroatoms. The van der Waals surface area contributed by atoms with Gasteiger partial charge in [-0.25, -0.2) is 0 Å². The Morgan fingerprint density at radius 2 is 2.04 bits per heavy atom. The minimum atomic E-state index is -0.0388. The summed E-state index contributed by atoms with van der Waals surface area (Å²) < 4.78 is 3.95. The molecule has 1 aromatic carbocycles. The number of rotatable bonds is 4. The highest BCUT2D eigenvalue weighted by Crippen LogP contribution is 2.31. The van der Waals surface area contributed by atoms with Crippen molar-refractivity contribution < 1.29 is 0 Å². The molecule has 4 aromatic heterocycles. The van der Waals surface area contributed by atoms with Gasteiger partial charge < -0.3 is 9.47 Å². The lowest BCUT2D eigenvalue weighted by Gasteiger charge is -2.15. The summed E-state index contributed by atoms with van der Waals surface area (Å²) >= 11 is 7.61. The van der Waals surface area contributed by atoms with E-state index in [1.807, 2.05) is 59.1 Å². The highest BCUT2D eigenvalue weighted by Gasteiger charge is 2.21. The molecule has 0 bridgehead atoms. The van der Waals surface area contributed by atoms with Crippen LogP contribution in [-0.4, -0.2) is 36.4 Å². The van der Waals surface area contributed by atoms with Crippen LogP contribution in [-0.2, 0) is 0 Å². The number of fused-ring (bicyclic) bond motifs is 2. The monoisotopic (exact) mass is 409 g/mol. The van der Waals surface area contributed by atoms with Gasteiger partial charge in [0, 0.05) is 30.2 Å². The van der Waals surface area contributed by atoms with Crippen LogP contribution in [0.3, 0.4) is 0 Å². The molecular weight excluding hydrogens is 394 g/mol. The minimum absolute atomic E-state index is 0.0388. The summed E-state index contributed by atoms with van der Waals surface area (Å²) in [6.45, 7) is 2.09. The Morgan fingerprint density at radius 3 is 2.89 bits per heavy atom. The van der Waals surface area contributed by atoms with Gasteiger partial charge in [-0.15, -0.1) is 15.3 Å². The molecular formula is C19H16ClN7S. The lowest BCUT2D eigenvalue weighted by Crippen LogP contribution is -2.12. The van der Waals surface area contributed by atoms with Gasteiger partial charge in [0.1, 0.15) is 0 Å². The van der Waals surface area contributed by atoms with Crippen LogP contribution in [0, 0.1) is 0 Å². The van der Waals surface area contributed by atoms with Crippen LogP contribution in [0.1, 0.15) is 18.8 Å². The lowest BCUT2D eigenvalue weighted by molar-refractivity contribution is 0.599. The zero-order valence-corrected chi connectivity index (χ0v) is 16.8. The molecule has 1 unspecified atom stereocenters. The summed E-state index contributed by atoms with van der Waals surface area (Å²) in [5.74, 6) is 0.776. The van der Waals surface area contributed by atoms with Gasteiger partial charge in [-0.05, 0) is 43.3 Å². The van der Waals surface area contributed by atoms with Crippen molar-refractivity contribution in [2.45, 2.75) is 13.0 Å². The number of halogens is 1. The molecule has 28 heavy (non-hydrogen) atoms. The van der Waals surface area contributed by atoms with Gasteiger partial charge in [0.05, 0.1) is 17.1 Å². The first-order chi connectivity index (χ1) is 13.6. The highest BCUT2D eigenvalue weighted by molar-refractivity contribution is 7.20. The fraction of sp³-hybridized carbons (Fsp3) is 0.158. The molecule has 0 radical (unpaired) electrons. The molecule has 0 saturated heterocycles. The third-order valence-corrected chi connectivity index (χ3v) is 5.98. The fourth-order valence-electron chi connectivity index (χ4n) is 3.26. The molecule has 0 amide bonds. The number of benzene rings is 1. The molecule has 0 saturated carbocycles. The first-order valence-corrected chi connectivity index (χ1v) is 9.94. The molecule has 5 aromatic rings. The highest BCUT2D eigenvalue weighted by atomic mass is 35.5. The summed E-state index contributed by atoms with van der Waals surface area (Å²) in [6, 6.07) is 13.6. The first-order valence-electron chi connectivity index (χ1n) is 8.75. The standard InChI is InChI=1S/C19H16ClN7S/c1-12(26-10-8-15-16(26)7-4-9-21-15)17-22-23-18-27(17)24-19(28-18)25(2)14-6-3-5-13(20)11-14/h3-12H,1-2H3. The van der Waals surface area contributed by atoms with Crippen LogP contribution >= 0.6 is 22.9 Å².